The highest BCUT2D eigenvalue weighted by Crippen LogP contribution is 2.20. The van der Waals surface area contributed by atoms with Gasteiger partial charge in [0, 0.05) is 26.1 Å². The number of carboxylic acid groups (broad SMARTS) is 1. The molecule has 7 nitrogen and oxygen atoms in total. The first kappa shape index (κ1) is 17.3. The van der Waals surface area contributed by atoms with E-state index >= 15 is 0 Å². The van der Waals surface area contributed by atoms with E-state index in [-0.39, 0.29) is 30.3 Å². The quantitative estimate of drug-likeness (QED) is 0.668. The van der Waals surface area contributed by atoms with Gasteiger partial charge in [0.05, 0.1) is 5.92 Å². The average Bonchev–Trinajstić information content (AvgIpc) is 2.38. The molecule has 7 heteroatoms. The molecule has 120 valence electrons. The molecule has 1 unspecified atom stereocenters. The minimum Gasteiger partial charge on any atom is -0.481 e. The van der Waals surface area contributed by atoms with E-state index in [0.29, 0.717) is 19.5 Å². The van der Waals surface area contributed by atoms with Crippen molar-refractivity contribution in [2.45, 2.75) is 33.1 Å². The summed E-state index contributed by atoms with van der Waals surface area (Å²) in [5.41, 5.74) is 5.17. The van der Waals surface area contributed by atoms with Gasteiger partial charge in [-0.3, -0.25) is 9.59 Å². The molecule has 4 N–H and O–H groups in total. The van der Waals surface area contributed by atoms with Gasteiger partial charge in [-0.25, -0.2) is 4.79 Å². The standard InChI is InChI=1S/C14H25N3O4/c1-9(2)11(13(19)20)8-16-14(21)17-5-3-10(4-6-17)7-12(15)18/h9-11H,3-8H2,1-2H3,(H2,15,18)(H,16,21)(H,19,20). The van der Waals surface area contributed by atoms with Crippen LogP contribution in [-0.4, -0.2) is 47.5 Å². The predicted octanol–water partition coefficient (Wildman–Crippen LogP) is 0.640. The molecule has 0 saturated carbocycles. The number of amides is 3. The Balaban J connectivity index is 2.37. The predicted molar refractivity (Wildman–Crippen MR) is 77.5 cm³/mol. The molecule has 0 aromatic rings. The van der Waals surface area contributed by atoms with Crippen LogP contribution in [0, 0.1) is 17.8 Å². The lowest BCUT2D eigenvalue weighted by Gasteiger charge is -2.32. The minimum atomic E-state index is -0.898. The molecule has 3 amide bonds. The molecule has 0 radical (unpaired) electrons. The fourth-order valence-electron chi connectivity index (χ4n) is 2.54. The van der Waals surface area contributed by atoms with Crippen molar-refractivity contribution >= 4 is 17.9 Å². The van der Waals surface area contributed by atoms with Crippen LogP contribution in [-0.2, 0) is 9.59 Å². The van der Waals surface area contributed by atoms with Crippen molar-refractivity contribution in [3.05, 3.63) is 0 Å². The summed E-state index contributed by atoms with van der Waals surface area (Å²) in [5.74, 6) is -1.58. The number of hydrogen-bond acceptors (Lipinski definition) is 3. The second-order valence-electron chi connectivity index (χ2n) is 5.98. The van der Waals surface area contributed by atoms with E-state index in [1.807, 2.05) is 13.8 Å². The fourth-order valence-corrected chi connectivity index (χ4v) is 2.54. The highest BCUT2D eigenvalue weighted by atomic mass is 16.4. The summed E-state index contributed by atoms with van der Waals surface area (Å²) in [6.45, 7) is 4.92. The lowest BCUT2D eigenvalue weighted by molar-refractivity contribution is -0.143. The molecule has 1 aliphatic heterocycles. The number of carbonyl (C=O) groups excluding carboxylic acids is 2. The number of aliphatic carboxylic acids is 1. The van der Waals surface area contributed by atoms with E-state index in [1.165, 1.54) is 0 Å². The van der Waals surface area contributed by atoms with Crippen LogP contribution in [0.2, 0.25) is 0 Å². The maximum atomic E-state index is 12.0. The van der Waals surface area contributed by atoms with Crippen LogP contribution >= 0.6 is 0 Å². The Morgan fingerprint density at radius 2 is 1.86 bits per heavy atom. The van der Waals surface area contributed by atoms with Crippen molar-refractivity contribution in [2.75, 3.05) is 19.6 Å². The summed E-state index contributed by atoms with van der Waals surface area (Å²) in [7, 11) is 0. The van der Waals surface area contributed by atoms with Crippen LogP contribution in [0.1, 0.15) is 33.1 Å². The van der Waals surface area contributed by atoms with E-state index in [0.717, 1.165) is 12.8 Å². The first-order valence-corrected chi connectivity index (χ1v) is 7.35. The summed E-state index contributed by atoms with van der Waals surface area (Å²) >= 11 is 0. The lowest BCUT2D eigenvalue weighted by atomic mass is 9.93. The molecule has 1 rings (SSSR count). The Morgan fingerprint density at radius 3 is 2.29 bits per heavy atom. The third kappa shape index (κ3) is 5.61. The number of likely N-dealkylation sites (tertiary alicyclic amines) is 1. The number of carboxylic acids is 1. The number of urea groups is 1. The molecule has 1 fully saturated rings. The number of nitrogens with one attached hydrogen (secondary N) is 1. The highest BCUT2D eigenvalue weighted by molar-refractivity contribution is 5.76. The maximum Gasteiger partial charge on any atom is 0.317 e. The van der Waals surface area contributed by atoms with Gasteiger partial charge in [0.1, 0.15) is 0 Å². The second-order valence-corrected chi connectivity index (χ2v) is 5.98. The van der Waals surface area contributed by atoms with Crippen LogP contribution in [0.4, 0.5) is 4.79 Å². The first-order valence-electron chi connectivity index (χ1n) is 7.35. The second kappa shape index (κ2) is 7.85. The Morgan fingerprint density at radius 1 is 1.29 bits per heavy atom. The van der Waals surface area contributed by atoms with Crippen LogP contribution < -0.4 is 11.1 Å². The topological polar surface area (TPSA) is 113 Å². The maximum absolute atomic E-state index is 12.0. The number of hydrogen-bond donors (Lipinski definition) is 3. The minimum absolute atomic E-state index is 0.0379. The van der Waals surface area contributed by atoms with Gasteiger partial charge < -0.3 is 21.1 Å². The van der Waals surface area contributed by atoms with E-state index in [9.17, 15) is 14.4 Å². The Bertz CT molecular complexity index is 390. The number of nitrogens with two attached hydrogens (primary N) is 1. The van der Waals surface area contributed by atoms with Crippen LogP contribution in [0.25, 0.3) is 0 Å². The number of rotatable bonds is 6. The summed E-state index contributed by atoms with van der Waals surface area (Å²) in [6.07, 6.45) is 1.87. The summed E-state index contributed by atoms with van der Waals surface area (Å²) in [6, 6.07) is -0.237. The van der Waals surface area contributed by atoms with Crippen molar-refractivity contribution < 1.29 is 19.5 Å². The molecule has 1 atom stereocenters. The van der Waals surface area contributed by atoms with E-state index in [1.54, 1.807) is 4.90 Å². The van der Waals surface area contributed by atoms with Gasteiger partial charge in [0.25, 0.3) is 0 Å². The molecule has 0 aliphatic carbocycles. The monoisotopic (exact) mass is 299 g/mol. The van der Waals surface area contributed by atoms with Crippen molar-refractivity contribution in [3.63, 3.8) is 0 Å². The van der Waals surface area contributed by atoms with Crippen LogP contribution in [0.15, 0.2) is 0 Å². The Labute approximate surface area is 124 Å². The third-order valence-corrected chi connectivity index (χ3v) is 3.99. The van der Waals surface area contributed by atoms with Crippen LogP contribution in [0.3, 0.4) is 0 Å². The van der Waals surface area contributed by atoms with Gasteiger partial charge in [-0.2, -0.15) is 0 Å². The zero-order chi connectivity index (χ0) is 16.0. The zero-order valence-electron chi connectivity index (χ0n) is 12.7. The summed E-state index contributed by atoms with van der Waals surface area (Å²) < 4.78 is 0. The SMILES string of the molecule is CC(C)C(CNC(=O)N1CCC(CC(N)=O)CC1)C(=O)O. The van der Waals surface area contributed by atoms with Gasteiger partial charge in [0.15, 0.2) is 0 Å². The number of primary amides is 1. The van der Waals surface area contributed by atoms with Crippen molar-refractivity contribution in [3.8, 4) is 0 Å². The molecule has 0 bridgehead atoms. The van der Waals surface area contributed by atoms with Gasteiger partial charge in [-0.1, -0.05) is 13.8 Å². The molecule has 1 aliphatic rings. The molecular weight excluding hydrogens is 274 g/mol. The molecule has 0 aromatic heterocycles. The first-order chi connectivity index (χ1) is 9.81. The van der Waals surface area contributed by atoms with E-state index < -0.39 is 11.9 Å². The smallest absolute Gasteiger partial charge is 0.317 e. The number of piperidine rings is 1. The summed E-state index contributed by atoms with van der Waals surface area (Å²) in [4.78, 5) is 35.6. The Kier molecular flexibility index (Phi) is 6.45. The van der Waals surface area contributed by atoms with Crippen LogP contribution in [0.5, 0.6) is 0 Å². The lowest BCUT2D eigenvalue weighted by Crippen LogP contribution is -2.47. The highest BCUT2D eigenvalue weighted by Gasteiger charge is 2.26. The zero-order valence-corrected chi connectivity index (χ0v) is 12.7. The van der Waals surface area contributed by atoms with Gasteiger partial charge >= 0.3 is 12.0 Å². The molecule has 0 aromatic carbocycles. The molecule has 0 spiro atoms. The van der Waals surface area contributed by atoms with E-state index in [2.05, 4.69) is 5.32 Å². The van der Waals surface area contributed by atoms with Crippen molar-refractivity contribution in [2.24, 2.45) is 23.5 Å². The normalized spacial score (nSPS) is 17.6. The van der Waals surface area contributed by atoms with Crippen molar-refractivity contribution in [1.29, 1.82) is 0 Å². The Hall–Kier alpha value is -1.79. The van der Waals surface area contributed by atoms with Gasteiger partial charge in [0.2, 0.25) is 5.91 Å². The fraction of sp³-hybridized carbons (Fsp3) is 0.786. The van der Waals surface area contributed by atoms with Crippen molar-refractivity contribution in [1.82, 2.24) is 10.2 Å². The molecular formula is C14H25N3O4. The largest absolute Gasteiger partial charge is 0.481 e. The van der Waals surface area contributed by atoms with Gasteiger partial charge in [-0.05, 0) is 24.7 Å². The molecule has 1 saturated heterocycles. The molecule has 21 heavy (non-hydrogen) atoms. The number of carbonyl (C=O) groups is 3. The number of nitrogens with zero attached hydrogens (tertiary/aromatic N) is 1. The van der Waals surface area contributed by atoms with E-state index in [4.69, 9.17) is 10.8 Å². The van der Waals surface area contributed by atoms with Gasteiger partial charge in [-0.15, -0.1) is 0 Å². The third-order valence-electron chi connectivity index (χ3n) is 3.99. The average molecular weight is 299 g/mol. The molecule has 1 heterocycles. The summed E-state index contributed by atoms with van der Waals surface area (Å²) in [5, 5.41) is 11.8.